The molecular weight excluding hydrogens is 333 g/mol. The minimum Gasteiger partial charge on any atom is -0.484 e. The topological polar surface area (TPSA) is 69.2 Å². The van der Waals surface area contributed by atoms with E-state index < -0.39 is 22.6 Å². The average molecular weight is 346 g/mol. The number of alkyl halides is 3. The third-order valence-electron chi connectivity index (χ3n) is 2.72. The Morgan fingerprint density at radius 1 is 1.09 bits per heavy atom. The number of halogens is 3. The predicted molar refractivity (Wildman–Crippen MR) is 75.7 cm³/mol. The summed E-state index contributed by atoms with van der Waals surface area (Å²) < 4.78 is 65.0. The van der Waals surface area contributed by atoms with Crippen molar-refractivity contribution in [3.8, 4) is 5.75 Å². The van der Waals surface area contributed by atoms with Crippen molar-refractivity contribution in [3.63, 3.8) is 0 Å². The molecule has 5 nitrogen and oxygen atoms in total. The first-order valence-electron chi connectivity index (χ1n) is 6.46. The summed E-state index contributed by atoms with van der Waals surface area (Å²) in [5.74, 6) is -0.342. The monoisotopic (exact) mass is 346 g/mol. The Kier molecular flexibility index (Phi) is 4.88. The Labute approximate surface area is 131 Å². The van der Waals surface area contributed by atoms with E-state index in [4.69, 9.17) is 0 Å². The molecule has 124 valence electrons. The van der Waals surface area contributed by atoms with Gasteiger partial charge in [0.2, 0.25) is 15.0 Å². The number of nitrogens with zero attached hydrogens (tertiary/aromatic N) is 2. The fourth-order valence-corrected chi connectivity index (χ4v) is 2.86. The molecule has 0 N–H and O–H groups in total. The van der Waals surface area contributed by atoms with Crippen LogP contribution in [0, 0.1) is 6.92 Å². The van der Waals surface area contributed by atoms with E-state index in [9.17, 15) is 21.6 Å². The van der Waals surface area contributed by atoms with Gasteiger partial charge in [-0.05, 0) is 30.2 Å². The summed E-state index contributed by atoms with van der Waals surface area (Å²) in [6.07, 6.45) is -1.63. The molecule has 0 aliphatic rings. The second-order valence-corrected chi connectivity index (χ2v) is 6.73. The van der Waals surface area contributed by atoms with Gasteiger partial charge >= 0.3 is 6.18 Å². The second kappa shape index (κ2) is 6.53. The lowest BCUT2D eigenvalue weighted by molar-refractivity contribution is -0.153. The van der Waals surface area contributed by atoms with Gasteiger partial charge in [-0.15, -0.1) is 0 Å². The molecule has 0 spiro atoms. The Morgan fingerprint density at radius 2 is 1.65 bits per heavy atom. The standard InChI is InChI=1S/C14H13F3N2O3S/c1-10-6-18-13(19-7-10)23(20,21)8-11-2-4-12(5-3-11)22-9-14(15,16)17/h2-7H,8-9H2,1H3. The van der Waals surface area contributed by atoms with E-state index in [1.165, 1.54) is 36.7 Å². The van der Waals surface area contributed by atoms with Crippen molar-refractivity contribution in [2.24, 2.45) is 0 Å². The molecule has 0 radical (unpaired) electrons. The molecule has 9 heteroatoms. The van der Waals surface area contributed by atoms with Crippen molar-refractivity contribution < 1.29 is 26.3 Å². The summed E-state index contributed by atoms with van der Waals surface area (Å²) in [6, 6.07) is 5.34. The third-order valence-corrected chi connectivity index (χ3v) is 4.20. The molecule has 0 bridgehead atoms. The van der Waals surface area contributed by atoms with Crippen LogP contribution in [-0.2, 0) is 15.6 Å². The number of hydrogen-bond donors (Lipinski definition) is 0. The molecule has 1 aromatic heterocycles. The quantitative estimate of drug-likeness (QED) is 0.779. The van der Waals surface area contributed by atoms with Crippen molar-refractivity contribution in [2.75, 3.05) is 6.61 Å². The smallest absolute Gasteiger partial charge is 0.422 e. The molecule has 0 unspecified atom stereocenters. The van der Waals surface area contributed by atoms with Gasteiger partial charge in [-0.25, -0.2) is 18.4 Å². The molecule has 23 heavy (non-hydrogen) atoms. The largest absolute Gasteiger partial charge is 0.484 e. The summed E-state index contributed by atoms with van der Waals surface area (Å²) >= 11 is 0. The van der Waals surface area contributed by atoms with E-state index in [1.807, 2.05) is 0 Å². The zero-order valence-corrected chi connectivity index (χ0v) is 12.9. The number of rotatable bonds is 5. The van der Waals surface area contributed by atoms with Gasteiger partial charge in [0.1, 0.15) is 5.75 Å². The lowest BCUT2D eigenvalue weighted by Gasteiger charge is -2.09. The molecule has 0 saturated heterocycles. The van der Waals surface area contributed by atoms with Crippen molar-refractivity contribution in [1.82, 2.24) is 9.97 Å². The van der Waals surface area contributed by atoms with E-state index in [-0.39, 0.29) is 16.7 Å². The fraction of sp³-hybridized carbons (Fsp3) is 0.286. The fourth-order valence-electron chi connectivity index (χ4n) is 1.67. The van der Waals surface area contributed by atoms with Gasteiger partial charge in [0.05, 0.1) is 5.75 Å². The molecule has 0 saturated carbocycles. The van der Waals surface area contributed by atoms with Crippen LogP contribution in [0.5, 0.6) is 5.75 Å². The van der Waals surface area contributed by atoms with Gasteiger partial charge in [0.25, 0.3) is 0 Å². The zero-order valence-electron chi connectivity index (χ0n) is 12.0. The lowest BCUT2D eigenvalue weighted by atomic mass is 10.2. The van der Waals surface area contributed by atoms with Crippen LogP contribution in [0.1, 0.15) is 11.1 Å². The number of sulfone groups is 1. The van der Waals surface area contributed by atoms with E-state index in [0.717, 1.165) is 5.56 Å². The van der Waals surface area contributed by atoms with Crippen LogP contribution in [0.15, 0.2) is 41.8 Å². The minimum atomic E-state index is -4.43. The molecule has 2 rings (SSSR count). The first-order valence-corrected chi connectivity index (χ1v) is 8.11. The van der Waals surface area contributed by atoms with Crippen LogP contribution in [-0.4, -0.2) is 31.2 Å². The molecule has 0 amide bonds. The maximum absolute atomic E-state index is 12.1. The Balaban J connectivity index is 2.07. The highest BCUT2D eigenvalue weighted by Gasteiger charge is 2.28. The van der Waals surface area contributed by atoms with Crippen molar-refractivity contribution in [1.29, 1.82) is 0 Å². The van der Waals surface area contributed by atoms with Crippen LogP contribution in [0.4, 0.5) is 13.2 Å². The summed E-state index contributed by atoms with van der Waals surface area (Å²) in [6.45, 7) is 0.331. The summed E-state index contributed by atoms with van der Waals surface area (Å²) in [5, 5.41) is -0.291. The first kappa shape index (κ1) is 17.2. The molecule has 0 atom stereocenters. The number of hydrogen-bond acceptors (Lipinski definition) is 5. The highest BCUT2D eigenvalue weighted by atomic mass is 32.2. The van der Waals surface area contributed by atoms with E-state index in [1.54, 1.807) is 6.92 Å². The van der Waals surface area contributed by atoms with E-state index in [0.29, 0.717) is 5.56 Å². The van der Waals surface area contributed by atoms with Gasteiger partial charge in [0.15, 0.2) is 6.61 Å². The van der Waals surface area contributed by atoms with Crippen molar-refractivity contribution in [3.05, 3.63) is 47.8 Å². The third kappa shape index (κ3) is 5.20. The lowest BCUT2D eigenvalue weighted by Crippen LogP contribution is -2.19. The van der Waals surface area contributed by atoms with E-state index >= 15 is 0 Å². The molecule has 0 aliphatic heterocycles. The average Bonchev–Trinajstić information content (AvgIpc) is 2.46. The van der Waals surface area contributed by atoms with Crippen LogP contribution >= 0.6 is 0 Å². The summed E-state index contributed by atoms with van der Waals surface area (Å²) in [5.41, 5.74) is 1.13. The maximum atomic E-state index is 12.1. The van der Waals surface area contributed by atoms with Crippen LogP contribution in [0.2, 0.25) is 0 Å². The molecule has 1 aromatic carbocycles. The van der Waals surface area contributed by atoms with Gasteiger partial charge in [-0.3, -0.25) is 0 Å². The van der Waals surface area contributed by atoms with Crippen LogP contribution in [0.25, 0.3) is 0 Å². The zero-order chi connectivity index (χ0) is 17.1. The molecule has 1 heterocycles. The SMILES string of the molecule is Cc1cnc(S(=O)(=O)Cc2ccc(OCC(F)(F)F)cc2)nc1. The molecular formula is C14H13F3N2O3S. The van der Waals surface area contributed by atoms with Gasteiger partial charge in [-0.1, -0.05) is 12.1 Å². The number of aryl methyl sites for hydroxylation is 1. The number of aromatic nitrogens is 2. The van der Waals surface area contributed by atoms with E-state index in [2.05, 4.69) is 14.7 Å². The first-order chi connectivity index (χ1) is 10.7. The Bertz CT molecular complexity index is 757. The molecule has 0 aliphatic carbocycles. The molecule has 0 fully saturated rings. The van der Waals surface area contributed by atoms with Crippen molar-refractivity contribution in [2.45, 2.75) is 24.0 Å². The van der Waals surface area contributed by atoms with Crippen molar-refractivity contribution >= 4 is 9.84 Å². The minimum absolute atomic E-state index is 0.00931. The Hall–Kier alpha value is -2.16. The normalized spacial score (nSPS) is 12.2. The number of benzene rings is 1. The maximum Gasteiger partial charge on any atom is 0.422 e. The van der Waals surface area contributed by atoms with Crippen LogP contribution < -0.4 is 4.74 Å². The second-order valence-electron chi connectivity index (χ2n) is 4.85. The highest BCUT2D eigenvalue weighted by molar-refractivity contribution is 7.90. The summed E-state index contributed by atoms with van der Waals surface area (Å²) in [7, 11) is -3.72. The van der Waals surface area contributed by atoms with Gasteiger partial charge in [-0.2, -0.15) is 13.2 Å². The Morgan fingerprint density at radius 3 is 2.17 bits per heavy atom. The predicted octanol–water partition coefficient (Wildman–Crippen LogP) is 2.70. The highest BCUT2D eigenvalue weighted by Crippen LogP contribution is 2.20. The summed E-state index contributed by atoms with van der Waals surface area (Å²) in [4.78, 5) is 7.54. The van der Waals surface area contributed by atoms with Gasteiger partial charge in [0, 0.05) is 12.4 Å². The van der Waals surface area contributed by atoms with Gasteiger partial charge < -0.3 is 4.74 Å². The number of ether oxygens (including phenoxy) is 1. The van der Waals surface area contributed by atoms with Crippen LogP contribution in [0.3, 0.4) is 0 Å². The molecule has 2 aromatic rings.